The molecule has 0 aliphatic carbocycles. The number of carbonyl (C=O) groups is 2. The molecule has 1 saturated heterocycles. The number of ether oxygens (including phenoxy) is 1. The van der Waals surface area contributed by atoms with Crippen molar-refractivity contribution in [2.75, 3.05) is 25.1 Å². The molecule has 9 heteroatoms. The minimum absolute atomic E-state index is 0.0487. The first-order valence-corrected chi connectivity index (χ1v) is 14.1. The van der Waals surface area contributed by atoms with Crippen molar-refractivity contribution in [3.8, 4) is 5.75 Å². The van der Waals surface area contributed by atoms with Crippen LogP contribution in [0.2, 0.25) is 0 Å². The van der Waals surface area contributed by atoms with Gasteiger partial charge in [-0.25, -0.2) is 0 Å². The molecule has 5 rings (SSSR count). The second kappa shape index (κ2) is 13.0. The van der Waals surface area contributed by atoms with E-state index in [1.165, 1.54) is 0 Å². The van der Waals surface area contributed by atoms with Crippen LogP contribution in [0, 0.1) is 0 Å². The number of anilines is 1. The molecule has 41 heavy (non-hydrogen) atoms. The summed E-state index contributed by atoms with van der Waals surface area (Å²) in [6.07, 6.45) is 2.65. The molecule has 3 N–H and O–H groups in total. The van der Waals surface area contributed by atoms with E-state index in [1.807, 2.05) is 72.3 Å². The molecule has 0 bridgehead atoms. The van der Waals surface area contributed by atoms with Gasteiger partial charge >= 0.3 is 0 Å². The third-order valence-corrected chi connectivity index (χ3v) is 7.56. The standard InChI is InChI=1S/C32H37N5O4/c1-3-37-29-18-24(17-28(26(29)20-34-37)36-14-8-13-31(36)39)32(40)35-27(16-22-9-5-4-6-10-22)30(38)21-33-19-23-11-7-12-25(15-23)41-2/h4-7,9-12,15,17-18,20,27,30,33,38H,3,8,13-14,16,19,21H2,1-2H3,(H,35,40)/t27-,30-/m0/s1. The monoisotopic (exact) mass is 555 g/mol. The van der Waals surface area contributed by atoms with Crippen LogP contribution in [0.4, 0.5) is 5.69 Å². The molecule has 0 radical (unpaired) electrons. The third kappa shape index (κ3) is 6.58. The molecular formula is C32H37N5O4. The number of methoxy groups -OCH3 is 1. The first-order chi connectivity index (χ1) is 20.0. The minimum Gasteiger partial charge on any atom is -0.497 e. The van der Waals surface area contributed by atoms with Crippen LogP contribution in [-0.2, 0) is 24.3 Å². The second-order valence-electron chi connectivity index (χ2n) is 10.4. The van der Waals surface area contributed by atoms with Crippen LogP contribution in [0.5, 0.6) is 5.75 Å². The minimum atomic E-state index is -0.853. The summed E-state index contributed by atoms with van der Waals surface area (Å²) in [7, 11) is 1.63. The van der Waals surface area contributed by atoms with Crippen LogP contribution in [0.1, 0.15) is 41.3 Å². The molecule has 4 aromatic rings. The van der Waals surface area contributed by atoms with E-state index in [-0.39, 0.29) is 18.4 Å². The fraction of sp³-hybridized carbons (Fsp3) is 0.344. The van der Waals surface area contributed by atoms with E-state index < -0.39 is 12.1 Å². The molecule has 9 nitrogen and oxygen atoms in total. The van der Waals surface area contributed by atoms with Gasteiger partial charge in [-0.05, 0) is 55.2 Å². The highest BCUT2D eigenvalue weighted by molar-refractivity contribution is 6.08. The Balaban J connectivity index is 1.37. The van der Waals surface area contributed by atoms with E-state index >= 15 is 0 Å². The number of carbonyl (C=O) groups excluding carboxylic acids is 2. The van der Waals surface area contributed by atoms with Gasteiger partial charge in [-0.3, -0.25) is 14.3 Å². The lowest BCUT2D eigenvalue weighted by atomic mass is 10.00. The Bertz CT molecular complexity index is 1500. The van der Waals surface area contributed by atoms with Gasteiger partial charge in [0, 0.05) is 43.5 Å². The summed E-state index contributed by atoms with van der Waals surface area (Å²) in [4.78, 5) is 28.1. The van der Waals surface area contributed by atoms with Crippen molar-refractivity contribution in [1.29, 1.82) is 0 Å². The fourth-order valence-corrected chi connectivity index (χ4v) is 5.36. The van der Waals surface area contributed by atoms with E-state index in [0.717, 1.165) is 34.2 Å². The Hall–Kier alpha value is -4.21. The number of aromatic nitrogens is 2. The zero-order chi connectivity index (χ0) is 28.8. The number of hydrogen-bond donors (Lipinski definition) is 3. The molecule has 214 valence electrons. The SMILES string of the molecule is CCn1ncc2c(N3CCCC3=O)cc(C(=O)N[C@@H](Cc3ccccc3)[C@@H](O)CNCc3cccc(OC)c3)cc21. The lowest BCUT2D eigenvalue weighted by Crippen LogP contribution is -2.48. The molecule has 2 atom stereocenters. The Morgan fingerprint density at radius 2 is 1.90 bits per heavy atom. The molecule has 0 unspecified atom stereocenters. The summed E-state index contributed by atoms with van der Waals surface area (Å²) in [6.45, 7) is 4.07. The average molecular weight is 556 g/mol. The number of aliphatic hydroxyl groups is 1. The molecule has 2 amide bonds. The molecule has 1 aliphatic rings. The first kappa shape index (κ1) is 28.3. The van der Waals surface area contributed by atoms with Gasteiger partial charge in [0.15, 0.2) is 0 Å². The maximum absolute atomic E-state index is 13.7. The zero-order valence-electron chi connectivity index (χ0n) is 23.5. The fourth-order valence-electron chi connectivity index (χ4n) is 5.36. The molecule has 1 aromatic heterocycles. The van der Waals surface area contributed by atoms with E-state index in [9.17, 15) is 14.7 Å². The van der Waals surface area contributed by atoms with Gasteiger partial charge < -0.3 is 25.4 Å². The summed E-state index contributed by atoms with van der Waals surface area (Å²) in [5.74, 6) is 0.513. The number of amides is 2. The molecule has 3 aromatic carbocycles. The van der Waals surface area contributed by atoms with Crippen molar-refractivity contribution < 1.29 is 19.4 Å². The summed E-state index contributed by atoms with van der Waals surface area (Å²) in [6, 6.07) is 20.6. The Kier molecular flexibility index (Phi) is 8.96. The van der Waals surface area contributed by atoms with E-state index in [1.54, 1.807) is 24.3 Å². The molecule has 1 aliphatic heterocycles. The maximum Gasteiger partial charge on any atom is 0.251 e. The third-order valence-electron chi connectivity index (χ3n) is 7.56. The normalized spacial score (nSPS) is 14.8. The van der Waals surface area contributed by atoms with Crippen LogP contribution in [0.3, 0.4) is 0 Å². The highest BCUT2D eigenvalue weighted by atomic mass is 16.5. The predicted octanol–water partition coefficient (Wildman–Crippen LogP) is 3.68. The van der Waals surface area contributed by atoms with E-state index in [0.29, 0.717) is 43.7 Å². The lowest BCUT2D eigenvalue weighted by Gasteiger charge is -2.25. The zero-order valence-corrected chi connectivity index (χ0v) is 23.5. The van der Waals surface area contributed by atoms with Crippen molar-refractivity contribution in [2.24, 2.45) is 0 Å². The molecule has 1 fully saturated rings. The topological polar surface area (TPSA) is 109 Å². The highest BCUT2D eigenvalue weighted by Crippen LogP contribution is 2.32. The Morgan fingerprint density at radius 1 is 1.10 bits per heavy atom. The number of nitrogens with zero attached hydrogens (tertiary/aromatic N) is 3. The van der Waals surface area contributed by atoms with Crippen molar-refractivity contribution in [2.45, 2.75) is 51.4 Å². The molecular weight excluding hydrogens is 518 g/mol. The van der Waals surface area contributed by atoms with Crippen LogP contribution in [0.15, 0.2) is 72.9 Å². The number of aliphatic hydroxyl groups excluding tert-OH is 1. The Labute approximate surface area is 240 Å². The Morgan fingerprint density at radius 3 is 2.63 bits per heavy atom. The number of rotatable bonds is 12. The largest absolute Gasteiger partial charge is 0.497 e. The number of aryl methyl sites for hydroxylation is 1. The van der Waals surface area contributed by atoms with Crippen molar-refractivity contribution in [3.05, 3.63) is 89.6 Å². The lowest BCUT2D eigenvalue weighted by molar-refractivity contribution is -0.117. The predicted molar refractivity (Wildman–Crippen MR) is 159 cm³/mol. The van der Waals surface area contributed by atoms with Crippen LogP contribution < -0.4 is 20.3 Å². The van der Waals surface area contributed by atoms with Gasteiger partial charge in [0.25, 0.3) is 5.91 Å². The van der Waals surface area contributed by atoms with Gasteiger partial charge in [0.1, 0.15) is 5.75 Å². The summed E-state index contributed by atoms with van der Waals surface area (Å²) < 4.78 is 7.13. The maximum atomic E-state index is 13.7. The van der Waals surface area contributed by atoms with Gasteiger partial charge in [-0.1, -0.05) is 42.5 Å². The van der Waals surface area contributed by atoms with Gasteiger partial charge in [0.2, 0.25) is 5.91 Å². The van der Waals surface area contributed by atoms with Crippen LogP contribution in [-0.4, -0.2) is 59.0 Å². The van der Waals surface area contributed by atoms with Crippen molar-refractivity contribution in [1.82, 2.24) is 20.4 Å². The second-order valence-corrected chi connectivity index (χ2v) is 10.4. The van der Waals surface area contributed by atoms with Gasteiger partial charge in [-0.2, -0.15) is 5.10 Å². The average Bonchev–Trinajstić information content (AvgIpc) is 3.62. The van der Waals surface area contributed by atoms with Gasteiger partial charge in [-0.15, -0.1) is 0 Å². The van der Waals surface area contributed by atoms with Crippen LogP contribution >= 0.6 is 0 Å². The highest BCUT2D eigenvalue weighted by Gasteiger charge is 2.27. The summed E-state index contributed by atoms with van der Waals surface area (Å²) in [5, 5.41) is 23.0. The summed E-state index contributed by atoms with van der Waals surface area (Å²) >= 11 is 0. The number of fused-ring (bicyclic) bond motifs is 1. The number of nitrogens with one attached hydrogen (secondary N) is 2. The van der Waals surface area contributed by atoms with Crippen molar-refractivity contribution >= 4 is 28.4 Å². The molecule has 0 spiro atoms. The van der Waals surface area contributed by atoms with Gasteiger partial charge in [0.05, 0.1) is 36.7 Å². The van der Waals surface area contributed by atoms with Crippen molar-refractivity contribution in [3.63, 3.8) is 0 Å². The van der Waals surface area contributed by atoms with E-state index in [4.69, 9.17) is 4.74 Å². The number of hydrogen-bond acceptors (Lipinski definition) is 6. The molecule has 2 heterocycles. The first-order valence-electron chi connectivity index (χ1n) is 14.1. The van der Waals surface area contributed by atoms with E-state index in [2.05, 4.69) is 15.7 Å². The smallest absolute Gasteiger partial charge is 0.251 e. The summed E-state index contributed by atoms with van der Waals surface area (Å²) in [5.41, 5.74) is 3.97. The van der Waals surface area contributed by atoms with Crippen LogP contribution in [0.25, 0.3) is 10.9 Å². The molecule has 0 saturated carbocycles. The number of benzene rings is 3. The quantitative estimate of drug-likeness (QED) is 0.246.